The van der Waals surface area contributed by atoms with Crippen LogP contribution in [0.25, 0.3) is 16.8 Å². The molecule has 0 radical (unpaired) electrons. The number of benzene rings is 4. The SMILES string of the molecule is CCOC(=O)C1=C(C)N=c2s/c(=C\c3cc(I)c(OCc4ccc(Cl)cc4)c(OC)c3)c(=O)n2[C@@H]1c1cccc2ccccc12. The Labute approximate surface area is 282 Å². The zero-order valence-electron chi connectivity index (χ0n) is 24.7. The number of rotatable bonds is 8. The summed E-state index contributed by atoms with van der Waals surface area (Å²) in [6.45, 7) is 4.11. The number of aromatic nitrogens is 1. The van der Waals surface area contributed by atoms with Gasteiger partial charge in [-0.25, -0.2) is 9.79 Å². The lowest BCUT2D eigenvalue weighted by Gasteiger charge is -2.25. The van der Waals surface area contributed by atoms with Crippen LogP contribution in [0.3, 0.4) is 0 Å². The van der Waals surface area contributed by atoms with E-state index in [4.69, 9.17) is 30.8 Å². The van der Waals surface area contributed by atoms with E-state index in [0.717, 1.165) is 31.0 Å². The summed E-state index contributed by atoms with van der Waals surface area (Å²) in [6.07, 6.45) is 1.82. The van der Waals surface area contributed by atoms with Crippen LogP contribution in [0.1, 0.15) is 36.6 Å². The number of fused-ring (bicyclic) bond motifs is 2. The Balaban J connectivity index is 1.45. The second kappa shape index (κ2) is 13.2. The van der Waals surface area contributed by atoms with Gasteiger partial charge in [-0.05, 0) is 94.2 Å². The number of halogens is 2. The van der Waals surface area contributed by atoms with Crippen molar-refractivity contribution in [3.8, 4) is 11.5 Å². The van der Waals surface area contributed by atoms with Gasteiger partial charge in [-0.2, -0.15) is 0 Å². The molecule has 0 saturated carbocycles. The van der Waals surface area contributed by atoms with Gasteiger partial charge in [0.2, 0.25) is 0 Å². The number of hydrogen-bond acceptors (Lipinski definition) is 7. The molecule has 0 N–H and O–H groups in total. The normalized spacial score (nSPS) is 14.7. The Hall–Kier alpha value is -3.93. The number of carbonyl (C=O) groups is 1. The lowest BCUT2D eigenvalue weighted by molar-refractivity contribution is -0.139. The maximum absolute atomic E-state index is 14.2. The molecular weight excluding hydrogens is 723 g/mol. The highest BCUT2D eigenvalue weighted by molar-refractivity contribution is 14.1. The molecule has 0 fully saturated rings. The lowest BCUT2D eigenvalue weighted by Crippen LogP contribution is -2.40. The van der Waals surface area contributed by atoms with Crippen LogP contribution in [0.15, 0.2) is 99.9 Å². The van der Waals surface area contributed by atoms with E-state index in [9.17, 15) is 9.59 Å². The van der Waals surface area contributed by atoms with Crippen LogP contribution < -0.4 is 24.4 Å². The molecule has 1 aliphatic rings. The molecule has 0 aliphatic carbocycles. The second-order valence-corrected chi connectivity index (χ2v) is 12.9. The quantitative estimate of drug-likeness (QED) is 0.129. The van der Waals surface area contributed by atoms with Gasteiger partial charge in [-0.3, -0.25) is 9.36 Å². The highest BCUT2D eigenvalue weighted by Gasteiger charge is 2.34. The molecule has 228 valence electrons. The third kappa shape index (κ3) is 6.16. The van der Waals surface area contributed by atoms with Crippen LogP contribution in [0.5, 0.6) is 11.5 Å². The van der Waals surface area contributed by atoms with E-state index in [-0.39, 0.29) is 12.2 Å². The fourth-order valence-electron chi connectivity index (χ4n) is 5.43. The zero-order chi connectivity index (χ0) is 31.7. The predicted octanol–water partition coefficient (Wildman–Crippen LogP) is 6.80. The van der Waals surface area contributed by atoms with Crippen molar-refractivity contribution >= 4 is 68.3 Å². The number of hydrogen-bond donors (Lipinski definition) is 0. The highest BCUT2D eigenvalue weighted by Crippen LogP contribution is 2.36. The lowest BCUT2D eigenvalue weighted by atomic mass is 9.91. The molecule has 1 atom stereocenters. The van der Waals surface area contributed by atoms with Gasteiger partial charge >= 0.3 is 5.97 Å². The van der Waals surface area contributed by atoms with Crippen molar-refractivity contribution < 1.29 is 19.0 Å². The molecule has 10 heteroatoms. The Kier molecular flexibility index (Phi) is 9.11. The number of ether oxygens (including phenoxy) is 3. The summed E-state index contributed by atoms with van der Waals surface area (Å²) < 4.78 is 20.2. The summed E-state index contributed by atoms with van der Waals surface area (Å²) in [5, 5.41) is 2.62. The Morgan fingerprint density at radius 2 is 1.84 bits per heavy atom. The van der Waals surface area contributed by atoms with E-state index < -0.39 is 12.0 Å². The van der Waals surface area contributed by atoms with E-state index in [1.165, 1.54) is 11.3 Å². The summed E-state index contributed by atoms with van der Waals surface area (Å²) in [5.41, 5.74) is 3.20. The fourth-order valence-corrected chi connectivity index (χ4v) is 7.38. The average Bonchev–Trinajstić information content (AvgIpc) is 3.33. The fraction of sp³-hybridized carbons (Fsp3) is 0.171. The van der Waals surface area contributed by atoms with Crippen molar-refractivity contribution in [1.29, 1.82) is 0 Å². The molecule has 1 aliphatic heterocycles. The molecular formula is C35H28ClIN2O5S. The standard InChI is InChI=1S/C35H28ClIN2O5S/c1-4-43-34(41)30-20(2)38-35-39(31(30)26-11-7-9-23-8-5-6-10-25(23)26)33(40)29(45-35)18-22-16-27(37)32(28(17-22)42-3)44-19-21-12-14-24(36)15-13-21/h5-18,31H,4,19H2,1-3H3/b29-18-/t31-/m1/s1. The largest absolute Gasteiger partial charge is 0.493 e. The first-order valence-electron chi connectivity index (χ1n) is 14.2. The maximum atomic E-state index is 14.2. The van der Waals surface area contributed by atoms with Crippen LogP contribution in [0.2, 0.25) is 5.02 Å². The van der Waals surface area contributed by atoms with Crippen molar-refractivity contribution in [2.75, 3.05) is 13.7 Å². The molecule has 5 aromatic rings. The minimum Gasteiger partial charge on any atom is -0.493 e. The summed E-state index contributed by atoms with van der Waals surface area (Å²) in [6, 6.07) is 24.4. The molecule has 4 aromatic carbocycles. The van der Waals surface area contributed by atoms with Gasteiger partial charge in [-0.15, -0.1) is 0 Å². The Morgan fingerprint density at radius 3 is 2.60 bits per heavy atom. The molecule has 0 unspecified atom stereocenters. The number of allylic oxidation sites excluding steroid dienone is 1. The summed E-state index contributed by atoms with van der Waals surface area (Å²) in [5.74, 6) is 0.667. The summed E-state index contributed by atoms with van der Waals surface area (Å²) in [4.78, 5) is 32.8. The molecule has 45 heavy (non-hydrogen) atoms. The molecule has 2 heterocycles. The van der Waals surface area contributed by atoms with Crippen molar-refractivity contribution in [3.05, 3.63) is 135 Å². The highest BCUT2D eigenvalue weighted by atomic mass is 127. The molecule has 1 aromatic heterocycles. The van der Waals surface area contributed by atoms with Gasteiger partial charge in [0.1, 0.15) is 6.61 Å². The van der Waals surface area contributed by atoms with E-state index >= 15 is 0 Å². The molecule has 0 spiro atoms. The van der Waals surface area contributed by atoms with Gasteiger partial charge in [-0.1, -0.05) is 77.5 Å². The molecule has 6 rings (SSSR count). The van der Waals surface area contributed by atoms with E-state index in [0.29, 0.717) is 43.7 Å². The number of esters is 1. The first kappa shape index (κ1) is 31.1. The van der Waals surface area contributed by atoms with Crippen LogP contribution in [0.4, 0.5) is 0 Å². The summed E-state index contributed by atoms with van der Waals surface area (Å²) in [7, 11) is 1.59. The zero-order valence-corrected chi connectivity index (χ0v) is 28.4. The van der Waals surface area contributed by atoms with Crippen molar-refractivity contribution in [3.63, 3.8) is 0 Å². The third-order valence-electron chi connectivity index (χ3n) is 7.48. The van der Waals surface area contributed by atoms with E-state index in [1.807, 2.05) is 84.9 Å². The summed E-state index contributed by atoms with van der Waals surface area (Å²) >= 11 is 9.50. The number of thiazole rings is 1. The van der Waals surface area contributed by atoms with Gasteiger partial charge in [0.05, 0.1) is 39.1 Å². The smallest absolute Gasteiger partial charge is 0.338 e. The van der Waals surface area contributed by atoms with Crippen LogP contribution in [-0.4, -0.2) is 24.3 Å². The van der Waals surface area contributed by atoms with Crippen LogP contribution >= 0.6 is 45.5 Å². The second-order valence-electron chi connectivity index (χ2n) is 10.3. The third-order valence-corrected chi connectivity index (χ3v) is 9.52. The number of nitrogens with zero attached hydrogens (tertiary/aromatic N) is 2. The van der Waals surface area contributed by atoms with Crippen molar-refractivity contribution in [2.24, 2.45) is 4.99 Å². The van der Waals surface area contributed by atoms with Crippen molar-refractivity contribution in [2.45, 2.75) is 26.5 Å². The molecule has 0 saturated heterocycles. The number of carbonyl (C=O) groups excluding carboxylic acids is 1. The monoisotopic (exact) mass is 750 g/mol. The number of methoxy groups -OCH3 is 1. The minimum atomic E-state index is -0.702. The average molecular weight is 751 g/mol. The predicted molar refractivity (Wildman–Crippen MR) is 186 cm³/mol. The first-order valence-corrected chi connectivity index (χ1v) is 16.5. The molecule has 0 amide bonds. The maximum Gasteiger partial charge on any atom is 0.338 e. The van der Waals surface area contributed by atoms with Gasteiger partial charge in [0.25, 0.3) is 5.56 Å². The Bertz CT molecular complexity index is 2150. The van der Waals surface area contributed by atoms with Crippen LogP contribution in [-0.2, 0) is 16.1 Å². The van der Waals surface area contributed by atoms with Gasteiger partial charge < -0.3 is 14.2 Å². The van der Waals surface area contributed by atoms with Crippen molar-refractivity contribution in [1.82, 2.24) is 4.57 Å². The first-order chi connectivity index (χ1) is 21.8. The molecule has 7 nitrogen and oxygen atoms in total. The van der Waals surface area contributed by atoms with Gasteiger partial charge in [0.15, 0.2) is 16.3 Å². The topological polar surface area (TPSA) is 79.1 Å². The Morgan fingerprint density at radius 1 is 1.09 bits per heavy atom. The van der Waals surface area contributed by atoms with Crippen LogP contribution in [0, 0.1) is 3.57 Å². The van der Waals surface area contributed by atoms with E-state index in [1.54, 1.807) is 25.5 Å². The van der Waals surface area contributed by atoms with Gasteiger partial charge in [0, 0.05) is 5.02 Å². The van der Waals surface area contributed by atoms with E-state index in [2.05, 4.69) is 22.6 Å². The minimum absolute atomic E-state index is 0.210. The molecule has 0 bridgehead atoms.